The summed E-state index contributed by atoms with van der Waals surface area (Å²) < 4.78 is 0. The van der Waals surface area contributed by atoms with Crippen molar-refractivity contribution in [3.05, 3.63) is 70.2 Å². The standard InChI is InChI=1S/C19H19ClN2O3/c20-16-7-6-14-9-17(13-4-2-1-3-5-13)22(11-15(14)8-16)12-18(23)21-10-19(24)25/h1-8,17H,9-12H2,(H,21,23)(H,24,25). The molecule has 1 amide bonds. The van der Waals surface area contributed by atoms with Crippen molar-refractivity contribution in [1.29, 1.82) is 0 Å². The quantitative estimate of drug-likeness (QED) is 0.862. The van der Waals surface area contributed by atoms with Gasteiger partial charge in [-0.25, -0.2) is 0 Å². The first-order chi connectivity index (χ1) is 12.0. The van der Waals surface area contributed by atoms with Gasteiger partial charge in [-0.3, -0.25) is 14.5 Å². The van der Waals surface area contributed by atoms with E-state index >= 15 is 0 Å². The molecule has 0 saturated carbocycles. The maximum Gasteiger partial charge on any atom is 0.322 e. The molecule has 1 heterocycles. The number of nitrogens with one attached hydrogen (secondary N) is 1. The summed E-state index contributed by atoms with van der Waals surface area (Å²) in [5.74, 6) is -1.35. The van der Waals surface area contributed by atoms with E-state index in [1.54, 1.807) is 0 Å². The van der Waals surface area contributed by atoms with E-state index < -0.39 is 5.97 Å². The van der Waals surface area contributed by atoms with Crippen molar-refractivity contribution in [1.82, 2.24) is 10.2 Å². The zero-order chi connectivity index (χ0) is 17.8. The lowest BCUT2D eigenvalue weighted by Crippen LogP contribution is -2.42. The minimum absolute atomic E-state index is 0.0606. The molecule has 2 aromatic carbocycles. The van der Waals surface area contributed by atoms with E-state index in [0.29, 0.717) is 11.6 Å². The summed E-state index contributed by atoms with van der Waals surface area (Å²) in [6, 6.07) is 15.9. The Morgan fingerprint density at radius 3 is 2.64 bits per heavy atom. The molecule has 1 aliphatic rings. The molecule has 0 bridgehead atoms. The van der Waals surface area contributed by atoms with Crippen LogP contribution in [0.25, 0.3) is 0 Å². The summed E-state index contributed by atoms with van der Waals surface area (Å²) in [6.07, 6.45) is 0.780. The Kier molecular flexibility index (Phi) is 5.36. The van der Waals surface area contributed by atoms with Crippen molar-refractivity contribution in [2.24, 2.45) is 0 Å². The largest absolute Gasteiger partial charge is 0.480 e. The average Bonchev–Trinajstić information content (AvgIpc) is 2.60. The van der Waals surface area contributed by atoms with E-state index in [1.807, 2.05) is 48.5 Å². The molecular formula is C19H19ClN2O3. The highest BCUT2D eigenvalue weighted by Crippen LogP contribution is 2.34. The highest BCUT2D eigenvalue weighted by Gasteiger charge is 2.28. The number of hydrogen-bond acceptors (Lipinski definition) is 3. The van der Waals surface area contributed by atoms with Crippen LogP contribution in [0.15, 0.2) is 48.5 Å². The van der Waals surface area contributed by atoms with Gasteiger partial charge in [-0.1, -0.05) is 48.0 Å². The Bertz CT molecular complexity index is 779. The molecule has 25 heavy (non-hydrogen) atoms. The predicted molar refractivity (Wildman–Crippen MR) is 95.4 cm³/mol. The van der Waals surface area contributed by atoms with Crippen molar-refractivity contribution < 1.29 is 14.7 Å². The first-order valence-corrected chi connectivity index (χ1v) is 8.45. The van der Waals surface area contributed by atoms with Crippen LogP contribution in [-0.2, 0) is 22.6 Å². The monoisotopic (exact) mass is 358 g/mol. The lowest BCUT2D eigenvalue weighted by atomic mass is 9.90. The van der Waals surface area contributed by atoms with Gasteiger partial charge in [-0.15, -0.1) is 0 Å². The lowest BCUT2D eigenvalue weighted by molar-refractivity contribution is -0.138. The van der Waals surface area contributed by atoms with Gasteiger partial charge in [0.1, 0.15) is 6.54 Å². The van der Waals surface area contributed by atoms with E-state index in [2.05, 4.69) is 10.2 Å². The van der Waals surface area contributed by atoms with Crippen LogP contribution in [0.3, 0.4) is 0 Å². The van der Waals surface area contributed by atoms with Crippen LogP contribution in [0.1, 0.15) is 22.7 Å². The number of hydrogen-bond donors (Lipinski definition) is 2. The first-order valence-electron chi connectivity index (χ1n) is 8.07. The molecule has 0 saturated heterocycles. The van der Waals surface area contributed by atoms with Crippen LogP contribution in [0.5, 0.6) is 0 Å². The third-order valence-corrected chi connectivity index (χ3v) is 4.60. The van der Waals surface area contributed by atoms with Gasteiger partial charge in [-0.05, 0) is 35.2 Å². The number of carboxylic acids is 1. The van der Waals surface area contributed by atoms with Gasteiger partial charge in [0.15, 0.2) is 0 Å². The first kappa shape index (κ1) is 17.5. The summed E-state index contributed by atoms with van der Waals surface area (Å²) in [4.78, 5) is 24.8. The molecule has 1 unspecified atom stereocenters. The van der Waals surface area contributed by atoms with Crippen molar-refractivity contribution in [2.75, 3.05) is 13.1 Å². The molecule has 0 spiro atoms. The van der Waals surface area contributed by atoms with Crippen molar-refractivity contribution in [3.8, 4) is 0 Å². The number of halogens is 1. The Balaban J connectivity index is 1.83. The van der Waals surface area contributed by atoms with Crippen LogP contribution < -0.4 is 5.32 Å². The number of fused-ring (bicyclic) bond motifs is 1. The summed E-state index contributed by atoms with van der Waals surface area (Å²) >= 11 is 6.10. The highest BCUT2D eigenvalue weighted by atomic mass is 35.5. The maximum atomic E-state index is 12.1. The summed E-state index contributed by atoms with van der Waals surface area (Å²) in [6.45, 7) is 0.361. The van der Waals surface area contributed by atoms with E-state index in [4.69, 9.17) is 16.7 Å². The van der Waals surface area contributed by atoms with Crippen LogP contribution >= 0.6 is 11.6 Å². The Morgan fingerprint density at radius 2 is 1.92 bits per heavy atom. The van der Waals surface area contributed by atoms with E-state index in [-0.39, 0.29) is 25.0 Å². The second-order valence-electron chi connectivity index (χ2n) is 6.12. The molecule has 0 fully saturated rings. The highest BCUT2D eigenvalue weighted by molar-refractivity contribution is 6.30. The van der Waals surface area contributed by atoms with Gasteiger partial charge >= 0.3 is 5.97 Å². The molecule has 5 nitrogen and oxygen atoms in total. The number of aliphatic carboxylic acids is 1. The van der Waals surface area contributed by atoms with Crippen LogP contribution in [0.2, 0.25) is 5.02 Å². The summed E-state index contributed by atoms with van der Waals surface area (Å²) in [7, 11) is 0. The fraction of sp³-hybridized carbons (Fsp3) is 0.263. The van der Waals surface area contributed by atoms with Crippen LogP contribution in [0.4, 0.5) is 0 Å². The molecule has 1 atom stereocenters. The van der Waals surface area contributed by atoms with Crippen molar-refractivity contribution in [2.45, 2.75) is 19.0 Å². The molecule has 2 aromatic rings. The maximum absolute atomic E-state index is 12.1. The zero-order valence-electron chi connectivity index (χ0n) is 13.6. The number of amides is 1. The third kappa shape index (κ3) is 4.38. The van der Waals surface area contributed by atoms with Gasteiger partial charge in [0, 0.05) is 17.6 Å². The molecule has 0 aliphatic carbocycles. The smallest absolute Gasteiger partial charge is 0.322 e. The van der Waals surface area contributed by atoms with Crippen molar-refractivity contribution in [3.63, 3.8) is 0 Å². The molecule has 0 radical (unpaired) electrons. The number of carbonyl (C=O) groups excluding carboxylic acids is 1. The summed E-state index contributed by atoms with van der Waals surface area (Å²) in [5.41, 5.74) is 3.46. The fourth-order valence-electron chi connectivity index (χ4n) is 3.19. The topological polar surface area (TPSA) is 69.6 Å². The van der Waals surface area contributed by atoms with Gasteiger partial charge in [-0.2, -0.15) is 0 Å². The molecule has 0 aromatic heterocycles. The molecular weight excluding hydrogens is 340 g/mol. The normalized spacial score (nSPS) is 16.9. The average molecular weight is 359 g/mol. The molecule has 130 valence electrons. The minimum atomic E-state index is -1.05. The molecule has 1 aliphatic heterocycles. The number of carboxylic acid groups (broad SMARTS) is 1. The fourth-order valence-corrected chi connectivity index (χ4v) is 3.39. The number of rotatable bonds is 5. The zero-order valence-corrected chi connectivity index (χ0v) is 14.4. The van der Waals surface area contributed by atoms with Crippen molar-refractivity contribution >= 4 is 23.5 Å². The Labute approximate surface area is 151 Å². The predicted octanol–water partition coefficient (Wildman–Crippen LogP) is 2.64. The van der Waals surface area contributed by atoms with Gasteiger partial charge in [0.2, 0.25) is 5.91 Å². The Morgan fingerprint density at radius 1 is 1.16 bits per heavy atom. The van der Waals surface area contributed by atoms with Crippen LogP contribution in [-0.4, -0.2) is 35.0 Å². The van der Waals surface area contributed by atoms with Gasteiger partial charge in [0.25, 0.3) is 0 Å². The Hall–Kier alpha value is -2.37. The summed E-state index contributed by atoms with van der Waals surface area (Å²) in [5, 5.41) is 11.8. The van der Waals surface area contributed by atoms with E-state index in [0.717, 1.165) is 17.5 Å². The second-order valence-corrected chi connectivity index (χ2v) is 6.56. The molecule has 2 N–H and O–H groups in total. The number of carbonyl (C=O) groups is 2. The molecule has 3 rings (SSSR count). The number of benzene rings is 2. The van der Waals surface area contributed by atoms with Gasteiger partial charge in [0.05, 0.1) is 6.54 Å². The number of nitrogens with zero attached hydrogens (tertiary/aromatic N) is 1. The third-order valence-electron chi connectivity index (χ3n) is 4.36. The van der Waals surface area contributed by atoms with Crippen LogP contribution in [0, 0.1) is 0 Å². The second kappa shape index (κ2) is 7.68. The van der Waals surface area contributed by atoms with Gasteiger partial charge < -0.3 is 10.4 Å². The van der Waals surface area contributed by atoms with E-state index in [1.165, 1.54) is 5.56 Å². The minimum Gasteiger partial charge on any atom is -0.480 e. The SMILES string of the molecule is O=C(O)CNC(=O)CN1Cc2cc(Cl)ccc2CC1c1ccccc1. The van der Waals surface area contributed by atoms with E-state index in [9.17, 15) is 9.59 Å². The molecule has 6 heteroatoms. The lowest BCUT2D eigenvalue weighted by Gasteiger charge is -2.37.